The van der Waals surface area contributed by atoms with Gasteiger partial charge >= 0.3 is 29.6 Å². The number of carbonyl (C=O) groups excluding carboxylic acids is 4. The van der Waals surface area contributed by atoms with Crippen LogP contribution in [-0.2, 0) is 19.2 Å². The average molecular weight is 252 g/mol. The van der Waals surface area contributed by atoms with Crippen LogP contribution < -0.4 is 11.5 Å². The van der Waals surface area contributed by atoms with Gasteiger partial charge in [0.15, 0.2) is 34.2 Å². The second-order valence-corrected chi connectivity index (χ2v) is 3.84. The van der Waals surface area contributed by atoms with Gasteiger partial charge in [0.1, 0.15) is 0 Å². The summed E-state index contributed by atoms with van der Waals surface area (Å²) in [5.74, 6) is -3.25. The first-order valence-corrected chi connectivity index (χ1v) is 4.64. The van der Waals surface area contributed by atoms with E-state index in [4.69, 9.17) is 11.5 Å². The van der Waals surface area contributed by atoms with E-state index < -0.39 is 34.2 Å². The number of ketones is 4. The molecule has 0 spiro atoms. The zero-order valence-corrected chi connectivity index (χ0v) is 9.79. The van der Waals surface area contributed by atoms with Crippen LogP contribution in [0.4, 0.5) is 0 Å². The third kappa shape index (κ3) is 2.71. The first-order chi connectivity index (χ1) is 7.02. The second kappa shape index (κ2) is 5.97. The van der Waals surface area contributed by atoms with Crippen LogP contribution in [0.15, 0.2) is 0 Å². The van der Waals surface area contributed by atoms with E-state index in [9.17, 15) is 19.2 Å². The Kier molecular flexibility index (Phi) is 6.66. The number of Topliss-reactive ketones (excluding diaryl/α,β-unsaturated/α-hetero) is 4. The Labute approximate surface area is 122 Å². The van der Waals surface area contributed by atoms with Crippen molar-refractivity contribution >= 4 is 52.7 Å². The van der Waals surface area contributed by atoms with E-state index in [0.29, 0.717) is 0 Å². The van der Waals surface area contributed by atoms with Gasteiger partial charge in [-0.3, -0.25) is 19.2 Å². The molecule has 92 valence electrons. The van der Waals surface area contributed by atoms with Crippen LogP contribution in [0.5, 0.6) is 0 Å². The normalized spacial score (nSPS) is 11.4. The summed E-state index contributed by atoms with van der Waals surface area (Å²) in [4.78, 5) is 45.7. The van der Waals surface area contributed by atoms with Gasteiger partial charge in [-0.15, -0.1) is 0 Å². The standard InChI is InChI=1S/C10H16N2O4.Na.H/c1-5(13)9(11,6(2)14)10(12,7(3)15)8(4)16;;/h11-12H2,1-4H3;;. The summed E-state index contributed by atoms with van der Waals surface area (Å²) in [6.45, 7) is 4.09. The number of hydrogen-bond donors (Lipinski definition) is 2. The van der Waals surface area contributed by atoms with Gasteiger partial charge in [0, 0.05) is 0 Å². The zero-order valence-electron chi connectivity index (χ0n) is 9.79. The van der Waals surface area contributed by atoms with Crippen LogP contribution in [0.3, 0.4) is 0 Å². The van der Waals surface area contributed by atoms with Gasteiger partial charge in [-0.1, -0.05) is 0 Å². The summed E-state index contributed by atoms with van der Waals surface area (Å²) in [6.07, 6.45) is 0. The summed E-state index contributed by atoms with van der Waals surface area (Å²) in [6, 6.07) is 0. The molecule has 0 atom stereocenters. The van der Waals surface area contributed by atoms with Crippen molar-refractivity contribution in [3.8, 4) is 0 Å². The van der Waals surface area contributed by atoms with Gasteiger partial charge in [0.05, 0.1) is 0 Å². The van der Waals surface area contributed by atoms with Crippen molar-refractivity contribution in [3.63, 3.8) is 0 Å². The summed E-state index contributed by atoms with van der Waals surface area (Å²) >= 11 is 0. The van der Waals surface area contributed by atoms with E-state index >= 15 is 0 Å². The summed E-state index contributed by atoms with van der Waals surface area (Å²) in [5, 5.41) is 0. The van der Waals surface area contributed by atoms with Crippen LogP contribution in [0.2, 0.25) is 0 Å². The maximum absolute atomic E-state index is 11.4. The van der Waals surface area contributed by atoms with E-state index in [1.54, 1.807) is 0 Å². The minimum absolute atomic E-state index is 0. The summed E-state index contributed by atoms with van der Waals surface area (Å²) in [7, 11) is 0. The summed E-state index contributed by atoms with van der Waals surface area (Å²) in [5.41, 5.74) is 6.59. The number of rotatable bonds is 5. The molecule has 0 aromatic heterocycles. The number of carbonyl (C=O) groups is 4. The fourth-order valence-electron chi connectivity index (χ4n) is 1.61. The van der Waals surface area contributed by atoms with Gasteiger partial charge in [0.2, 0.25) is 0 Å². The fraction of sp³-hybridized carbons (Fsp3) is 0.600. The Hall–Kier alpha value is -0.400. The first-order valence-electron chi connectivity index (χ1n) is 4.64. The van der Waals surface area contributed by atoms with Gasteiger partial charge < -0.3 is 11.5 Å². The molecule has 6 nitrogen and oxygen atoms in total. The first kappa shape index (κ1) is 19.0. The molecule has 0 aromatic rings. The molecule has 0 radical (unpaired) electrons. The Morgan fingerprint density at radius 3 is 0.824 bits per heavy atom. The van der Waals surface area contributed by atoms with E-state index in [0.717, 1.165) is 27.7 Å². The topological polar surface area (TPSA) is 120 Å². The van der Waals surface area contributed by atoms with Crippen LogP contribution in [-0.4, -0.2) is 63.8 Å². The van der Waals surface area contributed by atoms with Crippen molar-refractivity contribution < 1.29 is 19.2 Å². The Bertz CT molecular complexity index is 315. The minimum atomic E-state index is -2.30. The molecule has 0 aliphatic heterocycles. The van der Waals surface area contributed by atoms with E-state index in [-0.39, 0.29) is 29.6 Å². The quantitative estimate of drug-likeness (QED) is 0.435. The average Bonchev–Trinajstić information content (AvgIpc) is 2.13. The maximum atomic E-state index is 11.4. The molecule has 0 bridgehead atoms. The van der Waals surface area contributed by atoms with Crippen molar-refractivity contribution in [2.75, 3.05) is 0 Å². The molecule has 7 heteroatoms. The molecule has 0 saturated heterocycles. The number of hydrogen-bond acceptors (Lipinski definition) is 6. The van der Waals surface area contributed by atoms with Gasteiger partial charge in [-0.05, 0) is 27.7 Å². The Morgan fingerprint density at radius 1 is 0.647 bits per heavy atom. The molecule has 0 saturated carbocycles. The molecule has 0 aliphatic carbocycles. The van der Waals surface area contributed by atoms with Gasteiger partial charge in [-0.2, -0.15) is 0 Å². The van der Waals surface area contributed by atoms with Crippen LogP contribution in [0, 0.1) is 0 Å². The third-order valence-electron chi connectivity index (χ3n) is 2.84. The molecule has 0 heterocycles. The van der Waals surface area contributed by atoms with Crippen LogP contribution in [0.25, 0.3) is 0 Å². The van der Waals surface area contributed by atoms with Gasteiger partial charge in [0.25, 0.3) is 0 Å². The molecule has 4 N–H and O–H groups in total. The van der Waals surface area contributed by atoms with Crippen LogP contribution in [0.1, 0.15) is 27.7 Å². The monoisotopic (exact) mass is 252 g/mol. The molecular formula is C10H17N2NaO4. The third-order valence-corrected chi connectivity index (χ3v) is 2.84. The van der Waals surface area contributed by atoms with E-state index in [1.807, 2.05) is 0 Å². The van der Waals surface area contributed by atoms with Gasteiger partial charge in [-0.25, -0.2) is 0 Å². The molecular weight excluding hydrogens is 235 g/mol. The van der Waals surface area contributed by atoms with Crippen molar-refractivity contribution in [2.45, 2.75) is 38.8 Å². The fourth-order valence-corrected chi connectivity index (χ4v) is 1.61. The predicted octanol–water partition coefficient (Wildman–Crippen LogP) is -1.91. The van der Waals surface area contributed by atoms with Crippen molar-refractivity contribution in [1.29, 1.82) is 0 Å². The molecule has 0 rings (SSSR count). The molecule has 0 fully saturated rings. The van der Waals surface area contributed by atoms with Crippen molar-refractivity contribution in [3.05, 3.63) is 0 Å². The summed E-state index contributed by atoms with van der Waals surface area (Å²) < 4.78 is 0. The van der Waals surface area contributed by atoms with E-state index in [2.05, 4.69) is 0 Å². The Balaban J connectivity index is 0. The molecule has 17 heavy (non-hydrogen) atoms. The van der Waals surface area contributed by atoms with Crippen molar-refractivity contribution in [1.82, 2.24) is 0 Å². The van der Waals surface area contributed by atoms with Crippen molar-refractivity contribution in [2.24, 2.45) is 11.5 Å². The zero-order chi connectivity index (χ0) is 13.3. The van der Waals surface area contributed by atoms with Crippen LogP contribution >= 0.6 is 0 Å². The molecule has 0 unspecified atom stereocenters. The molecule has 0 aromatic carbocycles. The number of nitrogens with two attached hydrogens (primary N) is 2. The molecule has 0 amide bonds. The predicted molar refractivity (Wildman–Crippen MR) is 63.7 cm³/mol. The van der Waals surface area contributed by atoms with E-state index in [1.165, 1.54) is 0 Å². The second-order valence-electron chi connectivity index (χ2n) is 3.84. The SMILES string of the molecule is CC(=O)C(N)(C(C)=O)C(N)(C(C)=O)C(C)=O.[NaH]. The Morgan fingerprint density at radius 2 is 0.765 bits per heavy atom. The molecule has 0 aliphatic rings.